The number of hydrogen-bond donors (Lipinski definition) is 2. The quantitative estimate of drug-likeness (QED) is 0.403. The molecule has 2 aromatic heterocycles. The van der Waals surface area contributed by atoms with Gasteiger partial charge in [-0.25, -0.2) is 14.4 Å². The van der Waals surface area contributed by atoms with Crippen molar-refractivity contribution in [1.29, 1.82) is 0 Å². The van der Waals surface area contributed by atoms with Crippen molar-refractivity contribution in [2.45, 2.75) is 33.0 Å². The molecule has 3 aromatic rings. The van der Waals surface area contributed by atoms with Gasteiger partial charge in [0.1, 0.15) is 6.10 Å². The highest BCUT2D eigenvalue weighted by Gasteiger charge is 2.18. The lowest BCUT2D eigenvalue weighted by Gasteiger charge is -2.19. The number of nitrogens with zero attached hydrogens (tertiary/aromatic N) is 2. The summed E-state index contributed by atoms with van der Waals surface area (Å²) in [6.45, 7) is 2.83. The molecular formula is C22H22N4O6. The van der Waals surface area contributed by atoms with Crippen molar-refractivity contribution in [2.24, 2.45) is 0 Å². The molecule has 0 amide bonds. The Hall–Kier alpha value is -4.21. The molecule has 0 saturated carbocycles. The van der Waals surface area contributed by atoms with Crippen molar-refractivity contribution in [3.05, 3.63) is 107 Å². The van der Waals surface area contributed by atoms with E-state index >= 15 is 0 Å². The molecule has 2 heterocycles. The van der Waals surface area contributed by atoms with E-state index in [0.717, 1.165) is 5.56 Å². The van der Waals surface area contributed by atoms with Crippen LogP contribution in [0.25, 0.3) is 6.08 Å². The molecule has 10 heteroatoms. The number of benzene rings is 1. The molecule has 1 aromatic carbocycles. The van der Waals surface area contributed by atoms with Crippen LogP contribution in [0.1, 0.15) is 16.7 Å². The molecule has 0 bridgehead atoms. The Bertz CT molecular complexity index is 1300. The van der Waals surface area contributed by atoms with E-state index < -0.39 is 34.6 Å². The number of aromatic nitrogens is 4. The minimum atomic E-state index is -0.950. The van der Waals surface area contributed by atoms with E-state index in [-0.39, 0.29) is 13.1 Å². The highest BCUT2D eigenvalue weighted by Crippen LogP contribution is 2.05. The summed E-state index contributed by atoms with van der Waals surface area (Å²) >= 11 is 0. The van der Waals surface area contributed by atoms with Crippen LogP contribution >= 0.6 is 0 Å². The third-order valence-electron chi connectivity index (χ3n) is 4.67. The van der Waals surface area contributed by atoms with E-state index in [1.807, 2.05) is 30.3 Å². The SMILES string of the molecule is Cc1cn(CC(Cn2cc(C)c(=O)[nH]c2=O)OC(=O)C=Cc2ccccc2)c(=O)[nH]c1=O. The van der Waals surface area contributed by atoms with Gasteiger partial charge in [-0.1, -0.05) is 30.3 Å². The summed E-state index contributed by atoms with van der Waals surface area (Å²) in [5.74, 6) is -0.678. The van der Waals surface area contributed by atoms with Crippen LogP contribution in [0.15, 0.2) is 68.0 Å². The molecule has 0 aliphatic carbocycles. The van der Waals surface area contributed by atoms with Gasteiger partial charge in [0.15, 0.2) is 0 Å². The number of ether oxygens (including phenoxy) is 1. The van der Waals surface area contributed by atoms with Crippen LogP contribution in [-0.4, -0.2) is 31.2 Å². The summed E-state index contributed by atoms with van der Waals surface area (Å²) in [5.41, 5.74) is -0.985. The average Bonchev–Trinajstić information content (AvgIpc) is 2.75. The largest absolute Gasteiger partial charge is 0.455 e. The molecule has 0 saturated heterocycles. The van der Waals surface area contributed by atoms with Crippen molar-refractivity contribution in [3.8, 4) is 0 Å². The van der Waals surface area contributed by atoms with Gasteiger partial charge in [0.2, 0.25) is 0 Å². The number of carbonyl (C=O) groups is 1. The monoisotopic (exact) mass is 438 g/mol. The predicted molar refractivity (Wildman–Crippen MR) is 117 cm³/mol. The first-order valence-corrected chi connectivity index (χ1v) is 9.77. The number of rotatable bonds is 7. The first-order valence-electron chi connectivity index (χ1n) is 9.77. The minimum Gasteiger partial charge on any atom is -0.455 e. The third kappa shape index (κ3) is 5.69. The first kappa shape index (κ1) is 22.5. The van der Waals surface area contributed by atoms with Gasteiger partial charge < -0.3 is 4.74 Å². The fraction of sp³-hybridized carbons (Fsp3) is 0.227. The summed E-state index contributed by atoms with van der Waals surface area (Å²) < 4.78 is 7.89. The molecule has 0 aliphatic heterocycles. The average molecular weight is 438 g/mol. The molecule has 166 valence electrons. The number of nitrogens with one attached hydrogen (secondary N) is 2. The van der Waals surface area contributed by atoms with Crippen LogP contribution in [-0.2, 0) is 22.6 Å². The van der Waals surface area contributed by atoms with E-state index in [2.05, 4.69) is 9.97 Å². The number of H-pyrrole nitrogens is 2. The van der Waals surface area contributed by atoms with Crippen molar-refractivity contribution in [3.63, 3.8) is 0 Å². The van der Waals surface area contributed by atoms with E-state index in [1.165, 1.54) is 41.5 Å². The topological polar surface area (TPSA) is 136 Å². The van der Waals surface area contributed by atoms with Crippen molar-refractivity contribution < 1.29 is 9.53 Å². The first-order chi connectivity index (χ1) is 15.2. The Morgan fingerprint density at radius 3 is 1.91 bits per heavy atom. The van der Waals surface area contributed by atoms with Gasteiger partial charge in [0.25, 0.3) is 11.1 Å². The molecule has 0 atom stereocenters. The minimum absolute atomic E-state index is 0.119. The lowest BCUT2D eigenvalue weighted by molar-refractivity contribution is -0.144. The van der Waals surface area contributed by atoms with Gasteiger partial charge in [-0.05, 0) is 25.5 Å². The van der Waals surface area contributed by atoms with Crippen LogP contribution in [0, 0.1) is 13.8 Å². The maximum absolute atomic E-state index is 12.4. The molecule has 3 rings (SSSR count). The number of carbonyl (C=O) groups excluding carboxylic acids is 1. The zero-order valence-electron chi connectivity index (χ0n) is 17.5. The van der Waals surface area contributed by atoms with Gasteiger partial charge in [0, 0.05) is 29.6 Å². The zero-order chi connectivity index (χ0) is 23.3. The Balaban J connectivity index is 1.88. The normalized spacial score (nSPS) is 11.2. The Labute approximate surface area is 181 Å². The van der Waals surface area contributed by atoms with E-state index in [9.17, 15) is 24.0 Å². The van der Waals surface area contributed by atoms with Crippen LogP contribution in [0.5, 0.6) is 0 Å². The van der Waals surface area contributed by atoms with Crippen molar-refractivity contribution >= 4 is 12.0 Å². The Morgan fingerprint density at radius 2 is 1.41 bits per heavy atom. The fourth-order valence-electron chi connectivity index (χ4n) is 3.01. The zero-order valence-corrected chi connectivity index (χ0v) is 17.5. The number of esters is 1. The standard InChI is InChI=1S/C22H22N4O6/c1-14-10-25(21(30)23-19(14)28)12-17(13-26-11-15(2)20(29)24-22(26)31)32-18(27)9-8-16-6-4-3-5-7-16/h3-11,17H,12-13H2,1-2H3,(H,23,28,30)(H,24,29,31). The predicted octanol–water partition coefficient (Wildman–Crippen LogP) is 0.329. The molecule has 0 aliphatic rings. The van der Waals surface area contributed by atoms with Gasteiger partial charge >= 0.3 is 17.3 Å². The van der Waals surface area contributed by atoms with Gasteiger partial charge in [-0.2, -0.15) is 0 Å². The van der Waals surface area contributed by atoms with Crippen molar-refractivity contribution in [2.75, 3.05) is 0 Å². The summed E-state index contributed by atoms with van der Waals surface area (Å²) in [6.07, 6.45) is 4.57. The molecule has 2 N–H and O–H groups in total. The third-order valence-corrected chi connectivity index (χ3v) is 4.67. The molecule has 10 nitrogen and oxygen atoms in total. The molecule has 0 unspecified atom stereocenters. The van der Waals surface area contributed by atoms with Crippen molar-refractivity contribution in [1.82, 2.24) is 19.1 Å². The van der Waals surface area contributed by atoms with Crippen LogP contribution < -0.4 is 22.5 Å². The smallest absolute Gasteiger partial charge is 0.331 e. The van der Waals surface area contributed by atoms with Crippen LogP contribution in [0.2, 0.25) is 0 Å². The molecule has 0 radical (unpaired) electrons. The number of hydrogen-bond acceptors (Lipinski definition) is 6. The summed E-state index contributed by atoms with van der Waals surface area (Å²) in [5, 5.41) is 0. The fourth-order valence-corrected chi connectivity index (χ4v) is 3.01. The second-order valence-electron chi connectivity index (χ2n) is 7.25. The molecular weight excluding hydrogens is 416 g/mol. The molecule has 32 heavy (non-hydrogen) atoms. The summed E-state index contributed by atoms with van der Waals surface area (Å²) in [4.78, 5) is 64.4. The molecule has 0 fully saturated rings. The summed E-state index contributed by atoms with van der Waals surface area (Å²) in [6, 6.07) is 9.12. The highest BCUT2D eigenvalue weighted by atomic mass is 16.5. The van der Waals surface area contributed by atoms with Gasteiger partial charge in [-0.15, -0.1) is 0 Å². The lowest BCUT2D eigenvalue weighted by Crippen LogP contribution is -2.39. The van der Waals surface area contributed by atoms with E-state index in [1.54, 1.807) is 6.08 Å². The highest BCUT2D eigenvalue weighted by molar-refractivity contribution is 5.87. The maximum atomic E-state index is 12.4. The Morgan fingerprint density at radius 1 is 0.906 bits per heavy atom. The second-order valence-corrected chi connectivity index (χ2v) is 7.25. The van der Waals surface area contributed by atoms with E-state index in [4.69, 9.17) is 4.74 Å². The van der Waals surface area contributed by atoms with Gasteiger partial charge in [-0.3, -0.25) is 28.7 Å². The van der Waals surface area contributed by atoms with Crippen LogP contribution in [0.3, 0.4) is 0 Å². The molecule has 0 spiro atoms. The van der Waals surface area contributed by atoms with Crippen LogP contribution in [0.4, 0.5) is 0 Å². The van der Waals surface area contributed by atoms with Gasteiger partial charge in [0.05, 0.1) is 13.1 Å². The number of aryl methyl sites for hydroxylation is 2. The number of aromatic amines is 2. The summed E-state index contributed by atoms with van der Waals surface area (Å²) in [7, 11) is 0. The van der Waals surface area contributed by atoms with E-state index in [0.29, 0.717) is 11.1 Å². The Kier molecular flexibility index (Phi) is 6.83. The maximum Gasteiger partial charge on any atom is 0.331 e. The lowest BCUT2D eigenvalue weighted by atomic mass is 10.2. The second kappa shape index (κ2) is 9.73.